The van der Waals surface area contributed by atoms with Crippen LogP contribution in [0.25, 0.3) is 0 Å². The van der Waals surface area contributed by atoms with E-state index in [1.165, 1.54) is 44.9 Å². The molecule has 0 bridgehead atoms. The maximum absolute atomic E-state index is 10.4. The van der Waals surface area contributed by atoms with Crippen LogP contribution >= 0.6 is 0 Å². The van der Waals surface area contributed by atoms with Crippen LogP contribution in [0.4, 0.5) is 0 Å². The number of carbonyl (C=O) groups is 1. The maximum atomic E-state index is 10.4. The second kappa shape index (κ2) is 16.7. The van der Waals surface area contributed by atoms with E-state index in [-0.39, 0.29) is 17.1 Å². The van der Waals surface area contributed by atoms with Crippen LogP contribution in [-0.4, -0.2) is 5.78 Å². The number of carbonyl (C=O) groups excluding carboxylic acids is 1. The van der Waals surface area contributed by atoms with Crippen LogP contribution in [-0.2, 0) is 21.9 Å². The number of hydrogen-bond donors (Lipinski definition) is 0. The molecule has 0 spiro atoms. The topological polar surface area (TPSA) is 17.1 Å². The first-order valence-corrected chi connectivity index (χ1v) is 7.08. The third kappa shape index (κ3) is 18.0. The molecular weight excluding hydrogens is 272 g/mol. The molecule has 1 aliphatic carbocycles. The fraction of sp³-hybridized carbons (Fsp3) is 0.688. The number of unbranched alkanes of at least 4 members (excludes halogenated alkanes) is 3. The van der Waals surface area contributed by atoms with Crippen LogP contribution in [0.3, 0.4) is 0 Å². The van der Waals surface area contributed by atoms with Gasteiger partial charge in [0.2, 0.25) is 0 Å². The van der Waals surface area contributed by atoms with Gasteiger partial charge in [0.05, 0.1) is 0 Å². The van der Waals surface area contributed by atoms with E-state index in [1.807, 2.05) is 0 Å². The van der Waals surface area contributed by atoms with Crippen molar-refractivity contribution in [3.8, 4) is 0 Å². The summed E-state index contributed by atoms with van der Waals surface area (Å²) in [5.74, 6) is 0.325. The van der Waals surface area contributed by atoms with E-state index < -0.39 is 0 Å². The van der Waals surface area contributed by atoms with Gasteiger partial charge in [-0.15, -0.1) is 0 Å². The molecule has 1 radical (unpaired) electrons. The molecule has 2 heteroatoms. The van der Waals surface area contributed by atoms with Crippen molar-refractivity contribution in [2.24, 2.45) is 0 Å². The fourth-order valence-electron chi connectivity index (χ4n) is 1.67. The molecule has 0 N–H and O–H groups in total. The van der Waals surface area contributed by atoms with Crippen molar-refractivity contribution in [1.29, 1.82) is 0 Å². The molecule has 0 atom stereocenters. The summed E-state index contributed by atoms with van der Waals surface area (Å²) in [5.41, 5.74) is 0. The zero-order valence-electron chi connectivity index (χ0n) is 11.9. The van der Waals surface area contributed by atoms with Crippen molar-refractivity contribution < 1.29 is 21.9 Å². The van der Waals surface area contributed by atoms with E-state index in [0.29, 0.717) is 5.78 Å². The molecule has 0 aromatic carbocycles. The number of Topliss-reactive ketones (excluding diaryl/α,β-unsaturated/α-hetero) is 1. The van der Waals surface area contributed by atoms with E-state index >= 15 is 0 Å². The summed E-state index contributed by atoms with van der Waals surface area (Å²) >= 11 is 0. The standard InChI is InChI=1S/C8H16O.C8H12.Cu/c1-3-4-5-6-7-8(2)9;1-2-4-6-8-7-5-3-1;/h3-7H2,1-2H3;1-4H,5-8H2;. The molecule has 0 amide bonds. The van der Waals surface area contributed by atoms with Crippen molar-refractivity contribution in [1.82, 2.24) is 0 Å². The van der Waals surface area contributed by atoms with Crippen LogP contribution in [0.5, 0.6) is 0 Å². The molecule has 0 saturated heterocycles. The molecule has 0 fully saturated rings. The number of allylic oxidation sites excluding steroid dienone is 4. The third-order valence-electron chi connectivity index (χ3n) is 2.76. The first-order chi connectivity index (χ1) is 8.27. The zero-order valence-corrected chi connectivity index (χ0v) is 12.8. The normalized spacial score (nSPS) is 13.7. The van der Waals surface area contributed by atoms with Crippen molar-refractivity contribution >= 4 is 5.78 Å². The molecular formula is C16H28CuO. The van der Waals surface area contributed by atoms with E-state index in [0.717, 1.165) is 12.8 Å². The summed E-state index contributed by atoms with van der Waals surface area (Å²) in [4.78, 5) is 10.4. The molecule has 0 saturated carbocycles. The number of ketones is 1. The molecule has 1 rings (SSSR count). The molecule has 1 aliphatic rings. The Hall–Kier alpha value is -0.331. The number of rotatable bonds is 5. The average molecular weight is 300 g/mol. The molecule has 0 aromatic rings. The summed E-state index contributed by atoms with van der Waals surface area (Å²) in [6, 6.07) is 0. The van der Waals surface area contributed by atoms with Gasteiger partial charge in [-0.2, -0.15) is 0 Å². The predicted molar refractivity (Wildman–Crippen MR) is 76.2 cm³/mol. The summed E-state index contributed by atoms with van der Waals surface area (Å²) in [6.07, 6.45) is 19.6. The molecule has 109 valence electrons. The second-order valence-electron chi connectivity index (χ2n) is 4.65. The fourth-order valence-corrected chi connectivity index (χ4v) is 1.67. The molecule has 0 aliphatic heterocycles. The van der Waals surface area contributed by atoms with Gasteiger partial charge in [-0.05, 0) is 39.0 Å². The van der Waals surface area contributed by atoms with Crippen molar-refractivity contribution in [2.45, 2.75) is 71.6 Å². The van der Waals surface area contributed by atoms with Gasteiger partial charge in [-0.1, -0.05) is 50.5 Å². The molecule has 0 unspecified atom stereocenters. The number of hydrogen-bond acceptors (Lipinski definition) is 1. The Bertz CT molecular complexity index is 217. The van der Waals surface area contributed by atoms with Crippen LogP contribution in [0, 0.1) is 0 Å². The monoisotopic (exact) mass is 299 g/mol. The van der Waals surface area contributed by atoms with E-state index in [2.05, 4.69) is 31.2 Å². The maximum Gasteiger partial charge on any atom is 0.129 e. The Labute approximate surface area is 124 Å². The van der Waals surface area contributed by atoms with E-state index in [4.69, 9.17) is 0 Å². The van der Waals surface area contributed by atoms with E-state index in [9.17, 15) is 4.79 Å². The Morgan fingerprint density at radius 1 is 1.00 bits per heavy atom. The average Bonchev–Trinajstić information content (AvgIpc) is 2.24. The Morgan fingerprint density at radius 3 is 2.00 bits per heavy atom. The molecule has 18 heavy (non-hydrogen) atoms. The Morgan fingerprint density at radius 2 is 1.56 bits per heavy atom. The van der Waals surface area contributed by atoms with Gasteiger partial charge >= 0.3 is 0 Å². The first-order valence-electron chi connectivity index (χ1n) is 7.08. The van der Waals surface area contributed by atoms with Gasteiger partial charge < -0.3 is 4.79 Å². The van der Waals surface area contributed by atoms with Gasteiger partial charge in [0.25, 0.3) is 0 Å². The van der Waals surface area contributed by atoms with Crippen molar-refractivity contribution in [3.63, 3.8) is 0 Å². The quantitative estimate of drug-likeness (QED) is 0.503. The Balaban J connectivity index is 0. The van der Waals surface area contributed by atoms with Crippen LogP contribution in [0.15, 0.2) is 24.3 Å². The zero-order chi connectivity index (χ0) is 12.8. The largest absolute Gasteiger partial charge is 0.300 e. The summed E-state index contributed by atoms with van der Waals surface area (Å²) in [5, 5.41) is 0. The Kier molecular flexibility index (Phi) is 18.5. The van der Waals surface area contributed by atoms with Gasteiger partial charge in [-0.3, -0.25) is 0 Å². The van der Waals surface area contributed by atoms with Crippen molar-refractivity contribution in [3.05, 3.63) is 24.3 Å². The minimum Gasteiger partial charge on any atom is -0.300 e. The summed E-state index contributed by atoms with van der Waals surface area (Å²) < 4.78 is 0. The van der Waals surface area contributed by atoms with Gasteiger partial charge in [0, 0.05) is 23.5 Å². The van der Waals surface area contributed by atoms with Gasteiger partial charge in [0.1, 0.15) is 5.78 Å². The van der Waals surface area contributed by atoms with E-state index in [1.54, 1.807) is 6.92 Å². The van der Waals surface area contributed by atoms with Crippen molar-refractivity contribution in [2.75, 3.05) is 0 Å². The minimum absolute atomic E-state index is 0. The third-order valence-corrected chi connectivity index (χ3v) is 2.76. The minimum atomic E-state index is 0. The van der Waals surface area contributed by atoms with Crippen LogP contribution in [0.1, 0.15) is 71.6 Å². The predicted octanol–water partition coefficient (Wildman–Crippen LogP) is 5.22. The molecule has 0 heterocycles. The summed E-state index contributed by atoms with van der Waals surface area (Å²) in [6.45, 7) is 3.83. The van der Waals surface area contributed by atoms with Crippen LogP contribution in [0.2, 0.25) is 0 Å². The van der Waals surface area contributed by atoms with Gasteiger partial charge in [0.15, 0.2) is 0 Å². The van der Waals surface area contributed by atoms with Gasteiger partial charge in [-0.25, -0.2) is 0 Å². The molecule has 1 nitrogen and oxygen atoms in total. The first kappa shape index (κ1) is 20.0. The summed E-state index contributed by atoms with van der Waals surface area (Å²) in [7, 11) is 0. The second-order valence-corrected chi connectivity index (χ2v) is 4.65. The molecule has 0 aromatic heterocycles. The SMILES string of the molecule is C1=CCCCCC=C1.CCCCCCC(C)=O.[Cu]. The smallest absolute Gasteiger partial charge is 0.129 e. The van der Waals surface area contributed by atoms with Crippen LogP contribution < -0.4 is 0 Å².